The molecule has 0 bridgehead atoms. The van der Waals surface area contributed by atoms with Crippen molar-refractivity contribution in [3.05, 3.63) is 61.1 Å². The standard InChI is InChI=1S/C23H27N3O6S.C3H8OS/c1-6-32-20(28)17-13(2)16-18(27)26(23(3,4)21(24)29)22(30)25(19(16)33-17)12-11-14-9-7-8-10-15(14)31-5;1-3(2)4-5/h7-10H,6,11-12H2,1-5H3,(H2,24,29);3,5H,1-2H3. The molecule has 0 aliphatic heterocycles. The molecular weight excluding hydrogens is 530 g/mol. The Morgan fingerprint density at radius 1 is 1.18 bits per heavy atom. The lowest BCUT2D eigenvalue weighted by molar-refractivity contribution is -0.125. The minimum Gasteiger partial charge on any atom is -0.496 e. The maximum absolute atomic E-state index is 13.5. The molecule has 2 aromatic heterocycles. The van der Waals surface area contributed by atoms with E-state index in [1.54, 1.807) is 21.0 Å². The Kier molecular flexibility index (Phi) is 10.7. The molecule has 38 heavy (non-hydrogen) atoms. The molecule has 0 radical (unpaired) electrons. The van der Waals surface area contributed by atoms with Crippen molar-refractivity contribution in [3.63, 3.8) is 0 Å². The van der Waals surface area contributed by atoms with Gasteiger partial charge >= 0.3 is 11.7 Å². The van der Waals surface area contributed by atoms with Crippen molar-refractivity contribution < 1.29 is 23.2 Å². The molecule has 0 saturated heterocycles. The molecule has 0 unspecified atom stereocenters. The summed E-state index contributed by atoms with van der Waals surface area (Å²) in [6.45, 7) is 10.4. The molecule has 0 fully saturated rings. The Hall–Kier alpha value is -3.09. The van der Waals surface area contributed by atoms with E-state index in [1.165, 1.54) is 18.4 Å². The Balaban J connectivity index is 0.000000926. The van der Waals surface area contributed by atoms with Crippen LogP contribution in [0.15, 0.2) is 33.9 Å². The first kappa shape index (κ1) is 31.1. The van der Waals surface area contributed by atoms with Gasteiger partial charge in [-0.15, -0.1) is 11.3 Å². The monoisotopic (exact) mass is 565 g/mol. The molecule has 0 saturated carbocycles. The maximum atomic E-state index is 13.5. The number of amides is 1. The number of ether oxygens (including phenoxy) is 2. The molecule has 0 aliphatic carbocycles. The Labute approximate surface area is 230 Å². The Morgan fingerprint density at radius 3 is 2.32 bits per heavy atom. The predicted molar refractivity (Wildman–Crippen MR) is 151 cm³/mol. The molecule has 2 heterocycles. The fourth-order valence-corrected chi connectivity index (χ4v) is 4.89. The maximum Gasteiger partial charge on any atom is 0.348 e. The van der Waals surface area contributed by atoms with E-state index in [-0.39, 0.29) is 29.5 Å². The van der Waals surface area contributed by atoms with E-state index in [0.29, 0.717) is 22.6 Å². The van der Waals surface area contributed by atoms with Gasteiger partial charge in [0.2, 0.25) is 5.91 Å². The molecule has 12 heteroatoms. The highest BCUT2D eigenvalue weighted by Gasteiger charge is 2.34. The van der Waals surface area contributed by atoms with Crippen LogP contribution in [0.25, 0.3) is 10.2 Å². The van der Waals surface area contributed by atoms with Crippen LogP contribution >= 0.6 is 24.2 Å². The third-order valence-corrected chi connectivity index (χ3v) is 7.56. The summed E-state index contributed by atoms with van der Waals surface area (Å²) in [6.07, 6.45) is 0.665. The van der Waals surface area contributed by atoms with Gasteiger partial charge in [-0.25, -0.2) is 14.2 Å². The number of rotatable bonds is 9. The van der Waals surface area contributed by atoms with Crippen molar-refractivity contribution in [1.29, 1.82) is 0 Å². The Morgan fingerprint density at radius 2 is 1.79 bits per heavy atom. The number of carbonyl (C=O) groups excluding carboxylic acids is 2. The van der Waals surface area contributed by atoms with E-state index < -0.39 is 28.7 Å². The number of hydrogen-bond acceptors (Lipinski definition) is 9. The van der Waals surface area contributed by atoms with Crippen molar-refractivity contribution in [2.45, 2.75) is 66.2 Å². The number of methoxy groups -OCH3 is 1. The first-order valence-corrected chi connectivity index (χ1v) is 13.2. The number of primary amides is 1. The predicted octanol–water partition coefficient (Wildman–Crippen LogP) is 3.44. The summed E-state index contributed by atoms with van der Waals surface area (Å²) in [7, 11) is 1.56. The van der Waals surface area contributed by atoms with Gasteiger partial charge in [0.1, 0.15) is 21.0 Å². The van der Waals surface area contributed by atoms with Crippen molar-refractivity contribution in [2.24, 2.45) is 5.73 Å². The smallest absolute Gasteiger partial charge is 0.348 e. The van der Waals surface area contributed by atoms with E-state index in [1.807, 2.05) is 38.1 Å². The zero-order valence-corrected chi connectivity index (χ0v) is 24.4. The largest absolute Gasteiger partial charge is 0.496 e. The highest BCUT2D eigenvalue weighted by atomic mass is 32.1. The van der Waals surface area contributed by atoms with E-state index in [9.17, 15) is 19.2 Å². The number of carbonyl (C=O) groups is 2. The van der Waals surface area contributed by atoms with Crippen molar-refractivity contribution in [3.8, 4) is 5.75 Å². The van der Waals surface area contributed by atoms with Crippen LogP contribution < -0.4 is 21.7 Å². The minimum absolute atomic E-state index is 0.173. The number of para-hydroxylation sites is 1. The zero-order valence-electron chi connectivity index (χ0n) is 22.7. The van der Waals surface area contributed by atoms with Gasteiger partial charge in [0.25, 0.3) is 5.56 Å². The van der Waals surface area contributed by atoms with Gasteiger partial charge in [-0.3, -0.25) is 14.2 Å². The van der Waals surface area contributed by atoms with E-state index >= 15 is 0 Å². The van der Waals surface area contributed by atoms with Gasteiger partial charge in [-0.1, -0.05) is 18.2 Å². The summed E-state index contributed by atoms with van der Waals surface area (Å²) in [5.74, 6) is -0.724. The van der Waals surface area contributed by atoms with E-state index in [2.05, 4.69) is 17.1 Å². The molecule has 10 nitrogen and oxygen atoms in total. The SMILES string of the molecule is CC(C)OS.CCOC(=O)c1sc2c(c1C)c(=O)n(C(C)(C)C(N)=O)c(=O)n2CCc1ccccc1OC. The third-order valence-electron chi connectivity index (χ3n) is 5.84. The number of thiophene rings is 1. The minimum atomic E-state index is -1.58. The quantitative estimate of drug-likeness (QED) is 0.231. The molecule has 0 spiro atoms. The average Bonchev–Trinajstić information content (AvgIpc) is 3.21. The van der Waals surface area contributed by atoms with Crippen molar-refractivity contribution >= 4 is 46.3 Å². The summed E-state index contributed by atoms with van der Waals surface area (Å²) < 4.78 is 17.3. The number of aromatic nitrogens is 2. The molecule has 208 valence electrons. The third kappa shape index (κ3) is 6.48. The van der Waals surface area contributed by atoms with Gasteiger partial charge in [0, 0.05) is 6.54 Å². The van der Waals surface area contributed by atoms with Crippen LogP contribution in [-0.4, -0.2) is 40.8 Å². The molecule has 0 aliphatic rings. The summed E-state index contributed by atoms with van der Waals surface area (Å²) in [5, 5.41) is 0.192. The van der Waals surface area contributed by atoms with Crippen molar-refractivity contribution in [2.75, 3.05) is 13.7 Å². The number of hydrogen-bond donors (Lipinski definition) is 2. The van der Waals surface area contributed by atoms with Crippen LogP contribution in [0.5, 0.6) is 5.75 Å². The highest BCUT2D eigenvalue weighted by Crippen LogP contribution is 2.30. The normalized spacial score (nSPS) is 11.3. The lowest BCUT2D eigenvalue weighted by Gasteiger charge is -2.24. The first-order chi connectivity index (χ1) is 17.8. The molecule has 1 aromatic carbocycles. The van der Waals surface area contributed by atoms with Gasteiger partial charge < -0.3 is 19.4 Å². The van der Waals surface area contributed by atoms with Crippen molar-refractivity contribution in [1.82, 2.24) is 9.13 Å². The fraction of sp³-hybridized carbons (Fsp3) is 0.462. The van der Waals surface area contributed by atoms with Gasteiger partial charge in [0.15, 0.2) is 0 Å². The number of nitrogens with zero attached hydrogens (tertiary/aromatic N) is 2. The topological polar surface area (TPSA) is 132 Å². The summed E-state index contributed by atoms with van der Waals surface area (Å²) >= 11 is 4.54. The highest BCUT2D eigenvalue weighted by molar-refractivity contribution is 7.75. The molecule has 3 aromatic rings. The number of thiol groups is 1. The van der Waals surface area contributed by atoms with Crippen LogP contribution in [0.4, 0.5) is 0 Å². The summed E-state index contributed by atoms with van der Waals surface area (Å²) in [4.78, 5) is 52.2. The van der Waals surface area contributed by atoms with Gasteiger partial charge in [-0.05, 0) is 78.1 Å². The summed E-state index contributed by atoms with van der Waals surface area (Å²) in [5.41, 5.74) is 3.88. The second-order valence-electron chi connectivity index (χ2n) is 9.17. The lowest BCUT2D eigenvalue weighted by atomic mass is 10.0. The number of fused-ring (bicyclic) bond motifs is 1. The molecule has 1 amide bonds. The van der Waals surface area contributed by atoms with Gasteiger partial charge in [0.05, 0.1) is 25.2 Å². The van der Waals surface area contributed by atoms with Crippen LogP contribution in [0.2, 0.25) is 0 Å². The molecule has 2 N–H and O–H groups in total. The lowest BCUT2D eigenvalue weighted by Crippen LogP contribution is -2.54. The number of benzene rings is 1. The van der Waals surface area contributed by atoms with Crippen LogP contribution in [0.1, 0.15) is 55.4 Å². The first-order valence-electron chi connectivity index (χ1n) is 12.0. The van der Waals surface area contributed by atoms with Crippen LogP contribution in [0.3, 0.4) is 0 Å². The second-order valence-corrected chi connectivity index (χ2v) is 10.4. The molecular formula is C26H35N3O7S2. The second kappa shape index (κ2) is 13.1. The van der Waals surface area contributed by atoms with Gasteiger partial charge in [-0.2, -0.15) is 0 Å². The van der Waals surface area contributed by atoms with Crippen LogP contribution in [0, 0.1) is 6.92 Å². The van der Waals surface area contributed by atoms with E-state index in [0.717, 1.165) is 21.5 Å². The molecule has 0 atom stereocenters. The average molecular weight is 566 g/mol. The number of esters is 1. The fourth-order valence-electron chi connectivity index (χ4n) is 3.68. The van der Waals surface area contributed by atoms with Crippen LogP contribution in [-0.2, 0) is 32.2 Å². The zero-order chi connectivity index (χ0) is 28.8. The molecule has 3 rings (SSSR count). The number of nitrogens with two attached hydrogens (primary N) is 1. The van der Waals surface area contributed by atoms with E-state index in [4.69, 9.17) is 15.2 Å². The Bertz CT molecular complexity index is 1420. The number of aryl methyl sites for hydroxylation is 3. The summed E-state index contributed by atoms with van der Waals surface area (Å²) in [6, 6.07) is 7.41.